The molecule has 6 nitrogen and oxygen atoms in total. The molecule has 1 amide bonds. The number of hydrogen-bond acceptors (Lipinski definition) is 6. The summed E-state index contributed by atoms with van der Waals surface area (Å²) in [7, 11) is 0. The van der Waals surface area contributed by atoms with Gasteiger partial charge >= 0.3 is 0 Å². The topological polar surface area (TPSA) is 78.2 Å². The predicted octanol–water partition coefficient (Wildman–Crippen LogP) is 1.42. The molecule has 1 aliphatic rings. The van der Waals surface area contributed by atoms with Crippen molar-refractivity contribution in [2.24, 2.45) is 0 Å². The number of carbonyl (C=O) groups excluding carboxylic acids is 1. The van der Waals surface area contributed by atoms with Crippen molar-refractivity contribution in [2.45, 2.75) is 25.8 Å². The van der Waals surface area contributed by atoms with E-state index in [-0.39, 0.29) is 11.7 Å². The number of aromatic nitrogens is 1. The highest BCUT2D eigenvalue weighted by Crippen LogP contribution is 2.26. The van der Waals surface area contributed by atoms with Gasteiger partial charge in [-0.15, -0.1) is 0 Å². The number of nitrogens with one attached hydrogen (secondary N) is 1. The van der Waals surface area contributed by atoms with Crippen LogP contribution < -0.4 is 5.32 Å². The van der Waals surface area contributed by atoms with Gasteiger partial charge in [-0.25, -0.2) is 4.98 Å². The van der Waals surface area contributed by atoms with E-state index >= 15 is 0 Å². The fourth-order valence-corrected chi connectivity index (χ4v) is 3.43. The van der Waals surface area contributed by atoms with Crippen molar-refractivity contribution in [3.05, 3.63) is 22.4 Å². The average Bonchev–Trinajstić information content (AvgIpc) is 2.59. The molecular weight excluding hydrogens is 324 g/mol. The molecule has 24 heavy (non-hydrogen) atoms. The first-order valence-corrected chi connectivity index (χ1v) is 9.09. The molecule has 1 fully saturated rings. The Hall–Kier alpha value is -1.62. The summed E-state index contributed by atoms with van der Waals surface area (Å²) in [5.74, 6) is 0.238. The van der Waals surface area contributed by atoms with Crippen LogP contribution in [0.25, 0.3) is 0 Å². The van der Waals surface area contributed by atoms with Crippen molar-refractivity contribution in [3.63, 3.8) is 0 Å². The third-order valence-corrected chi connectivity index (χ3v) is 5.24. The minimum atomic E-state index is -0.0326. The largest absolute Gasteiger partial charge is 0.379 e. The molecule has 2 rings (SSSR count). The first-order valence-electron chi connectivity index (χ1n) is 8.10. The van der Waals surface area contributed by atoms with Crippen molar-refractivity contribution >= 4 is 17.7 Å². The van der Waals surface area contributed by atoms with Crippen LogP contribution in [0.15, 0.2) is 5.03 Å². The molecular formula is C17H24N4O2S. The third kappa shape index (κ3) is 4.94. The number of ether oxygens (including phenoxy) is 1. The Morgan fingerprint density at radius 2 is 2.04 bits per heavy atom. The van der Waals surface area contributed by atoms with Crippen molar-refractivity contribution in [3.8, 4) is 6.07 Å². The van der Waals surface area contributed by atoms with Gasteiger partial charge < -0.3 is 10.1 Å². The Morgan fingerprint density at radius 1 is 1.33 bits per heavy atom. The summed E-state index contributed by atoms with van der Waals surface area (Å²) in [4.78, 5) is 18.8. The van der Waals surface area contributed by atoms with Gasteiger partial charge in [-0.1, -0.05) is 11.8 Å². The maximum absolute atomic E-state index is 12.0. The summed E-state index contributed by atoms with van der Waals surface area (Å²) in [5.41, 5.74) is 3.46. The van der Waals surface area contributed by atoms with E-state index < -0.39 is 0 Å². The number of nitrogens with zero attached hydrogens (tertiary/aromatic N) is 3. The number of pyridine rings is 1. The fraction of sp³-hybridized carbons (Fsp3) is 0.588. The zero-order valence-corrected chi connectivity index (χ0v) is 15.3. The summed E-state index contributed by atoms with van der Waals surface area (Å²) < 4.78 is 5.30. The van der Waals surface area contributed by atoms with Crippen molar-refractivity contribution < 1.29 is 9.53 Å². The van der Waals surface area contributed by atoms with Gasteiger partial charge in [0.05, 0.1) is 24.5 Å². The molecule has 0 radical (unpaired) electrons. The van der Waals surface area contributed by atoms with Crippen molar-refractivity contribution in [1.29, 1.82) is 5.26 Å². The average molecular weight is 348 g/mol. The van der Waals surface area contributed by atoms with E-state index in [2.05, 4.69) is 21.3 Å². The second kappa shape index (κ2) is 9.02. The SMILES string of the molecule is Cc1nc(SCC(=O)NCCN2CCOCC2)c(C#N)c(C)c1C. The molecule has 0 unspecified atom stereocenters. The van der Waals surface area contributed by atoms with Crippen LogP contribution in [-0.2, 0) is 9.53 Å². The summed E-state index contributed by atoms with van der Waals surface area (Å²) in [6.07, 6.45) is 0. The summed E-state index contributed by atoms with van der Waals surface area (Å²) in [5, 5.41) is 12.9. The zero-order chi connectivity index (χ0) is 17.5. The number of amides is 1. The Balaban J connectivity index is 1.82. The highest BCUT2D eigenvalue weighted by atomic mass is 32.2. The molecule has 1 aromatic heterocycles. The molecule has 1 aliphatic heterocycles. The van der Waals surface area contributed by atoms with E-state index in [1.807, 2.05) is 20.8 Å². The van der Waals surface area contributed by atoms with E-state index in [4.69, 9.17) is 4.74 Å². The van der Waals surface area contributed by atoms with Gasteiger partial charge in [-0.3, -0.25) is 9.69 Å². The molecule has 0 aliphatic carbocycles. The van der Waals surface area contributed by atoms with Crippen LogP contribution in [0.1, 0.15) is 22.4 Å². The van der Waals surface area contributed by atoms with E-state index in [1.54, 1.807) is 0 Å². The lowest BCUT2D eigenvalue weighted by molar-refractivity contribution is -0.118. The maximum Gasteiger partial charge on any atom is 0.230 e. The quantitative estimate of drug-likeness (QED) is 0.784. The van der Waals surface area contributed by atoms with E-state index in [9.17, 15) is 10.1 Å². The van der Waals surface area contributed by atoms with E-state index in [0.717, 1.165) is 49.7 Å². The standard InChI is InChI=1S/C17H24N4O2S/c1-12-13(2)15(10-18)17(20-14(12)3)24-11-16(22)19-4-5-21-6-8-23-9-7-21/h4-9,11H2,1-3H3,(H,19,22). The minimum Gasteiger partial charge on any atom is -0.379 e. The smallest absolute Gasteiger partial charge is 0.230 e. The van der Waals surface area contributed by atoms with Gasteiger partial charge in [0.1, 0.15) is 11.1 Å². The number of morpholine rings is 1. The predicted molar refractivity (Wildman–Crippen MR) is 94.2 cm³/mol. The first kappa shape index (κ1) is 18.7. The molecule has 0 aromatic carbocycles. The Morgan fingerprint density at radius 3 is 2.71 bits per heavy atom. The number of thioether (sulfide) groups is 1. The molecule has 0 saturated carbocycles. The number of nitriles is 1. The summed E-state index contributed by atoms with van der Waals surface area (Å²) >= 11 is 1.32. The van der Waals surface area contributed by atoms with Crippen LogP contribution in [0.4, 0.5) is 0 Å². The maximum atomic E-state index is 12.0. The van der Waals surface area contributed by atoms with Crippen LogP contribution in [0.5, 0.6) is 0 Å². The van der Waals surface area contributed by atoms with E-state index in [0.29, 0.717) is 17.1 Å². The lowest BCUT2D eigenvalue weighted by atomic mass is 10.1. The summed E-state index contributed by atoms with van der Waals surface area (Å²) in [6.45, 7) is 10.6. The molecule has 1 N–H and O–H groups in total. The molecule has 1 saturated heterocycles. The normalized spacial score (nSPS) is 15.1. The van der Waals surface area contributed by atoms with Crippen LogP contribution in [-0.4, -0.2) is 60.9 Å². The van der Waals surface area contributed by atoms with Crippen molar-refractivity contribution in [1.82, 2.24) is 15.2 Å². The molecule has 1 aromatic rings. The molecule has 0 spiro atoms. The number of hydrogen-bond donors (Lipinski definition) is 1. The highest BCUT2D eigenvalue weighted by Gasteiger charge is 2.14. The lowest BCUT2D eigenvalue weighted by Gasteiger charge is -2.26. The van der Waals surface area contributed by atoms with Gasteiger partial charge in [0.15, 0.2) is 0 Å². The van der Waals surface area contributed by atoms with Gasteiger partial charge in [0.2, 0.25) is 5.91 Å². The van der Waals surface area contributed by atoms with Crippen molar-refractivity contribution in [2.75, 3.05) is 45.1 Å². The Kier molecular flexibility index (Phi) is 7.03. The molecule has 0 bridgehead atoms. The van der Waals surface area contributed by atoms with Crippen LogP contribution in [0, 0.1) is 32.1 Å². The van der Waals surface area contributed by atoms with Gasteiger partial charge in [-0.2, -0.15) is 5.26 Å². The van der Waals surface area contributed by atoms with E-state index in [1.165, 1.54) is 11.8 Å². The van der Waals surface area contributed by atoms with Crippen LogP contribution in [0.3, 0.4) is 0 Å². The molecule has 7 heteroatoms. The number of carbonyl (C=O) groups is 1. The molecule has 2 heterocycles. The number of aryl methyl sites for hydroxylation is 1. The number of rotatable bonds is 6. The summed E-state index contributed by atoms with van der Waals surface area (Å²) in [6, 6.07) is 2.21. The van der Waals surface area contributed by atoms with Gasteiger partial charge in [-0.05, 0) is 31.9 Å². The highest BCUT2D eigenvalue weighted by molar-refractivity contribution is 8.00. The van der Waals surface area contributed by atoms with Gasteiger partial charge in [0, 0.05) is 31.9 Å². The Labute approximate surface area is 147 Å². The molecule has 0 atom stereocenters. The zero-order valence-electron chi connectivity index (χ0n) is 14.5. The van der Waals surface area contributed by atoms with Crippen LogP contribution >= 0.6 is 11.8 Å². The molecule has 130 valence electrons. The Bertz CT molecular complexity index is 636. The second-order valence-electron chi connectivity index (χ2n) is 5.83. The first-order chi connectivity index (χ1) is 11.5. The second-order valence-corrected chi connectivity index (χ2v) is 6.80. The monoisotopic (exact) mass is 348 g/mol. The third-order valence-electron chi connectivity index (χ3n) is 4.27. The minimum absolute atomic E-state index is 0.0326. The van der Waals surface area contributed by atoms with Crippen LogP contribution in [0.2, 0.25) is 0 Å². The fourth-order valence-electron chi connectivity index (χ4n) is 2.51. The van der Waals surface area contributed by atoms with Gasteiger partial charge in [0.25, 0.3) is 0 Å². The lowest BCUT2D eigenvalue weighted by Crippen LogP contribution is -2.41.